The third kappa shape index (κ3) is 2.31. The first-order valence-electron chi connectivity index (χ1n) is 7.22. The molecule has 7 nitrogen and oxygen atoms in total. The molecule has 2 unspecified atom stereocenters. The number of halogens is 1. The van der Waals surface area contributed by atoms with Crippen molar-refractivity contribution in [1.29, 1.82) is 0 Å². The van der Waals surface area contributed by atoms with Gasteiger partial charge in [-0.25, -0.2) is 4.98 Å². The fraction of sp³-hybridized carbons (Fsp3) is 0.429. The minimum Gasteiger partial charge on any atom is -0.356 e. The largest absolute Gasteiger partial charge is 0.356 e. The molecular formula is C14H15ClN6O. The number of carbonyl (C=O) groups excluding carboxylic acids is 1. The Morgan fingerprint density at radius 1 is 1.18 bits per heavy atom. The second-order valence-corrected chi connectivity index (χ2v) is 6.26. The first kappa shape index (κ1) is 13.5. The van der Waals surface area contributed by atoms with Crippen LogP contribution in [0.15, 0.2) is 24.5 Å². The number of anilines is 1. The molecule has 2 fully saturated rings. The molecule has 4 heterocycles. The molecule has 22 heavy (non-hydrogen) atoms. The summed E-state index contributed by atoms with van der Waals surface area (Å²) in [5, 5.41) is 10.7. The Bertz CT molecular complexity index is 659. The zero-order valence-electron chi connectivity index (χ0n) is 11.8. The highest BCUT2D eigenvalue weighted by Crippen LogP contribution is 2.33. The molecule has 2 aliphatic rings. The summed E-state index contributed by atoms with van der Waals surface area (Å²) in [5.41, 5.74) is 0.385. The molecule has 0 aromatic carbocycles. The van der Waals surface area contributed by atoms with E-state index in [2.05, 4.69) is 25.3 Å². The monoisotopic (exact) mass is 318 g/mol. The smallest absolute Gasteiger partial charge is 0.276 e. The molecule has 8 heteroatoms. The van der Waals surface area contributed by atoms with Gasteiger partial charge in [0.15, 0.2) is 5.69 Å². The van der Waals surface area contributed by atoms with Crippen molar-refractivity contribution in [2.45, 2.75) is 0 Å². The Labute approximate surface area is 132 Å². The number of fused-ring (bicyclic) bond motifs is 1. The van der Waals surface area contributed by atoms with Gasteiger partial charge >= 0.3 is 0 Å². The van der Waals surface area contributed by atoms with Crippen LogP contribution in [0, 0.1) is 11.8 Å². The molecule has 2 atom stereocenters. The molecule has 0 radical (unpaired) electrons. The summed E-state index contributed by atoms with van der Waals surface area (Å²) >= 11 is 5.88. The number of aromatic amines is 1. The van der Waals surface area contributed by atoms with Crippen molar-refractivity contribution >= 4 is 23.3 Å². The minimum absolute atomic E-state index is 0.0423. The van der Waals surface area contributed by atoms with E-state index in [4.69, 9.17) is 11.6 Å². The van der Waals surface area contributed by atoms with E-state index in [0.717, 1.165) is 32.0 Å². The molecule has 2 aliphatic heterocycles. The Balaban J connectivity index is 1.42. The van der Waals surface area contributed by atoms with E-state index in [1.165, 1.54) is 6.20 Å². The number of rotatable bonds is 2. The van der Waals surface area contributed by atoms with Crippen LogP contribution in [-0.4, -0.2) is 57.4 Å². The second kappa shape index (κ2) is 5.24. The SMILES string of the molecule is O=C(c1cn[nH]n1)N1CC2CN(c3ccc(Cl)cn3)CC2C1. The van der Waals surface area contributed by atoms with E-state index < -0.39 is 0 Å². The number of hydrogen-bond acceptors (Lipinski definition) is 5. The van der Waals surface area contributed by atoms with Crippen LogP contribution in [0.1, 0.15) is 10.5 Å². The Hall–Kier alpha value is -2.15. The fourth-order valence-corrected chi connectivity index (χ4v) is 3.48. The summed E-state index contributed by atoms with van der Waals surface area (Å²) in [6.45, 7) is 3.37. The number of likely N-dealkylation sites (tertiary alicyclic amines) is 1. The van der Waals surface area contributed by atoms with Gasteiger partial charge in [0, 0.05) is 44.2 Å². The highest BCUT2D eigenvalue weighted by atomic mass is 35.5. The van der Waals surface area contributed by atoms with Crippen LogP contribution in [0.4, 0.5) is 5.82 Å². The van der Waals surface area contributed by atoms with Gasteiger partial charge in [-0.1, -0.05) is 11.6 Å². The highest BCUT2D eigenvalue weighted by Gasteiger charge is 2.42. The fourth-order valence-electron chi connectivity index (χ4n) is 3.37. The third-order valence-electron chi connectivity index (χ3n) is 4.44. The van der Waals surface area contributed by atoms with Gasteiger partial charge < -0.3 is 9.80 Å². The van der Waals surface area contributed by atoms with Gasteiger partial charge in [-0.3, -0.25) is 4.79 Å². The van der Waals surface area contributed by atoms with Crippen LogP contribution in [0.2, 0.25) is 5.02 Å². The number of aromatic nitrogens is 4. The number of amides is 1. The summed E-state index contributed by atoms with van der Waals surface area (Å²) in [5.74, 6) is 1.87. The molecule has 0 bridgehead atoms. The van der Waals surface area contributed by atoms with Crippen LogP contribution < -0.4 is 4.90 Å². The Morgan fingerprint density at radius 2 is 1.95 bits per heavy atom. The quantitative estimate of drug-likeness (QED) is 0.896. The Morgan fingerprint density at radius 3 is 2.55 bits per heavy atom. The van der Waals surface area contributed by atoms with Crippen molar-refractivity contribution < 1.29 is 4.79 Å². The van der Waals surface area contributed by atoms with Gasteiger partial charge in [0.05, 0.1) is 11.2 Å². The molecule has 2 aromatic heterocycles. The number of carbonyl (C=O) groups is 1. The van der Waals surface area contributed by atoms with Gasteiger partial charge in [0.2, 0.25) is 0 Å². The van der Waals surface area contributed by atoms with Crippen molar-refractivity contribution in [3.63, 3.8) is 0 Å². The molecule has 1 amide bonds. The third-order valence-corrected chi connectivity index (χ3v) is 4.67. The maximum absolute atomic E-state index is 12.3. The predicted molar refractivity (Wildman–Crippen MR) is 80.7 cm³/mol. The van der Waals surface area contributed by atoms with E-state index >= 15 is 0 Å². The van der Waals surface area contributed by atoms with E-state index in [0.29, 0.717) is 22.6 Å². The average Bonchev–Trinajstić information content (AvgIpc) is 3.23. The zero-order valence-corrected chi connectivity index (χ0v) is 12.6. The topological polar surface area (TPSA) is 78.0 Å². The summed E-state index contributed by atoms with van der Waals surface area (Å²) in [7, 11) is 0. The average molecular weight is 319 g/mol. The van der Waals surface area contributed by atoms with Crippen molar-refractivity contribution in [1.82, 2.24) is 25.3 Å². The van der Waals surface area contributed by atoms with E-state index in [9.17, 15) is 4.79 Å². The molecular weight excluding hydrogens is 304 g/mol. The lowest BCUT2D eigenvalue weighted by Gasteiger charge is -2.21. The van der Waals surface area contributed by atoms with Crippen LogP contribution in [0.3, 0.4) is 0 Å². The van der Waals surface area contributed by atoms with Crippen molar-refractivity contribution in [3.8, 4) is 0 Å². The molecule has 0 aliphatic carbocycles. The lowest BCUT2D eigenvalue weighted by Crippen LogP contribution is -2.33. The van der Waals surface area contributed by atoms with Gasteiger partial charge in [-0.2, -0.15) is 15.4 Å². The van der Waals surface area contributed by atoms with Gasteiger partial charge in [-0.15, -0.1) is 0 Å². The first-order chi connectivity index (χ1) is 10.7. The van der Waals surface area contributed by atoms with E-state index in [1.54, 1.807) is 6.20 Å². The lowest BCUT2D eigenvalue weighted by molar-refractivity contribution is 0.0776. The number of H-pyrrole nitrogens is 1. The molecule has 0 spiro atoms. The summed E-state index contributed by atoms with van der Waals surface area (Å²) < 4.78 is 0. The second-order valence-electron chi connectivity index (χ2n) is 5.83. The Kier molecular flexibility index (Phi) is 3.22. The van der Waals surface area contributed by atoms with Crippen LogP contribution in [0.5, 0.6) is 0 Å². The molecule has 2 saturated heterocycles. The first-order valence-corrected chi connectivity index (χ1v) is 7.60. The summed E-state index contributed by atoms with van der Waals surface area (Å²) in [6, 6.07) is 3.81. The maximum Gasteiger partial charge on any atom is 0.276 e. The highest BCUT2D eigenvalue weighted by molar-refractivity contribution is 6.30. The summed E-state index contributed by atoms with van der Waals surface area (Å²) in [4.78, 5) is 20.8. The number of hydrogen-bond donors (Lipinski definition) is 1. The molecule has 4 rings (SSSR count). The molecule has 0 saturated carbocycles. The lowest BCUT2D eigenvalue weighted by atomic mass is 10.0. The van der Waals surface area contributed by atoms with Crippen LogP contribution in [0.25, 0.3) is 0 Å². The van der Waals surface area contributed by atoms with E-state index in [-0.39, 0.29) is 5.91 Å². The van der Waals surface area contributed by atoms with Crippen LogP contribution in [-0.2, 0) is 0 Å². The van der Waals surface area contributed by atoms with Crippen LogP contribution >= 0.6 is 11.6 Å². The van der Waals surface area contributed by atoms with Gasteiger partial charge in [0.25, 0.3) is 5.91 Å². The minimum atomic E-state index is -0.0423. The molecule has 114 valence electrons. The molecule has 2 aromatic rings. The number of nitrogens with one attached hydrogen (secondary N) is 1. The van der Waals surface area contributed by atoms with Gasteiger partial charge in [0.1, 0.15) is 5.82 Å². The number of nitrogens with zero attached hydrogens (tertiary/aromatic N) is 5. The zero-order chi connectivity index (χ0) is 15.1. The predicted octanol–water partition coefficient (Wildman–Crippen LogP) is 1.06. The normalized spacial score (nSPS) is 23.9. The van der Waals surface area contributed by atoms with E-state index in [1.807, 2.05) is 17.0 Å². The maximum atomic E-state index is 12.3. The van der Waals surface area contributed by atoms with Crippen molar-refractivity contribution in [3.05, 3.63) is 35.2 Å². The molecule has 1 N–H and O–H groups in total. The summed E-state index contributed by atoms with van der Waals surface area (Å²) in [6.07, 6.45) is 3.14. The standard InChI is InChI=1S/C14H15ClN6O/c15-11-1-2-13(16-3-11)20-5-9-7-21(8-10(9)6-20)14(22)12-4-17-19-18-12/h1-4,9-10H,5-8H2,(H,17,18,19). The van der Waals surface area contributed by atoms with Gasteiger partial charge in [-0.05, 0) is 12.1 Å². The number of pyridine rings is 1. The van der Waals surface area contributed by atoms with Crippen molar-refractivity contribution in [2.75, 3.05) is 31.1 Å². The van der Waals surface area contributed by atoms with Crippen molar-refractivity contribution in [2.24, 2.45) is 11.8 Å².